The molecule has 0 aromatic heterocycles. The number of esters is 1. The first-order valence-corrected chi connectivity index (χ1v) is 8.14. The molecule has 0 aliphatic rings. The van der Waals surface area contributed by atoms with E-state index >= 15 is 0 Å². The molecule has 27 heavy (non-hydrogen) atoms. The van der Waals surface area contributed by atoms with E-state index in [-0.39, 0.29) is 12.5 Å². The van der Waals surface area contributed by atoms with Gasteiger partial charge >= 0.3 is 5.97 Å². The lowest BCUT2D eigenvalue weighted by atomic mass is 10.1. The van der Waals surface area contributed by atoms with Gasteiger partial charge in [-0.15, -0.1) is 0 Å². The normalized spacial score (nSPS) is 10.1. The van der Waals surface area contributed by atoms with Crippen molar-refractivity contribution in [2.24, 2.45) is 0 Å². The fourth-order valence-corrected chi connectivity index (χ4v) is 2.50. The SMILES string of the molecule is COC(=O)COc1ccc(C(=O)Nc2ccc3cc(C#N)ccc3c2)cc1. The molecule has 0 heterocycles. The summed E-state index contributed by atoms with van der Waals surface area (Å²) in [4.78, 5) is 23.5. The van der Waals surface area contributed by atoms with E-state index in [1.54, 1.807) is 42.5 Å². The van der Waals surface area contributed by atoms with Crippen LogP contribution in [0.3, 0.4) is 0 Å². The molecular weight excluding hydrogens is 344 g/mol. The van der Waals surface area contributed by atoms with E-state index in [1.165, 1.54) is 7.11 Å². The van der Waals surface area contributed by atoms with E-state index in [2.05, 4.69) is 16.1 Å². The van der Waals surface area contributed by atoms with Gasteiger partial charge in [0.05, 0.1) is 18.7 Å². The molecule has 0 aliphatic carbocycles. The Morgan fingerprint density at radius 1 is 1.00 bits per heavy atom. The molecule has 0 saturated heterocycles. The number of anilines is 1. The number of hydrogen-bond donors (Lipinski definition) is 1. The molecule has 0 spiro atoms. The van der Waals surface area contributed by atoms with E-state index in [0.29, 0.717) is 22.6 Å². The number of benzene rings is 3. The molecule has 3 aromatic rings. The fourth-order valence-electron chi connectivity index (χ4n) is 2.50. The summed E-state index contributed by atoms with van der Waals surface area (Å²) in [5.74, 6) is -0.270. The maximum absolute atomic E-state index is 12.4. The third-order valence-electron chi connectivity index (χ3n) is 3.93. The number of methoxy groups -OCH3 is 1. The highest BCUT2D eigenvalue weighted by Crippen LogP contribution is 2.21. The molecule has 0 saturated carbocycles. The molecule has 0 fully saturated rings. The Morgan fingerprint density at radius 3 is 2.41 bits per heavy atom. The molecule has 0 aliphatic heterocycles. The molecule has 3 aromatic carbocycles. The zero-order valence-electron chi connectivity index (χ0n) is 14.6. The smallest absolute Gasteiger partial charge is 0.343 e. The Hall–Kier alpha value is -3.85. The lowest BCUT2D eigenvalue weighted by Crippen LogP contribution is -2.13. The van der Waals surface area contributed by atoms with Crippen LogP contribution < -0.4 is 10.1 Å². The third-order valence-corrected chi connectivity index (χ3v) is 3.93. The Morgan fingerprint density at radius 2 is 1.70 bits per heavy atom. The summed E-state index contributed by atoms with van der Waals surface area (Å²) >= 11 is 0. The van der Waals surface area contributed by atoms with Crippen LogP contribution in [0.1, 0.15) is 15.9 Å². The summed E-state index contributed by atoms with van der Waals surface area (Å²) < 4.78 is 9.75. The van der Waals surface area contributed by atoms with Gasteiger partial charge in [0.1, 0.15) is 5.75 Å². The number of nitrogens with one attached hydrogen (secondary N) is 1. The summed E-state index contributed by atoms with van der Waals surface area (Å²) in [5, 5.41) is 13.6. The number of amides is 1. The van der Waals surface area contributed by atoms with Crippen LogP contribution in [0.5, 0.6) is 5.75 Å². The van der Waals surface area contributed by atoms with Gasteiger partial charge in [0.2, 0.25) is 0 Å². The number of hydrogen-bond acceptors (Lipinski definition) is 5. The maximum Gasteiger partial charge on any atom is 0.343 e. The molecule has 6 nitrogen and oxygen atoms in total. The third kappa shape index (κ3) is 4.41. The molecule has 0 atom stereocenters. The lowest BCUT2D eigenvalue weighted by molar-refractivity contribution is -0.142. The van der Waals surface area contributed by atoms with Gasteiger partial charge < -0.3 is 14.8 Å². The second-order valence-corrected chi connectivity index (χ2v) is 5.73. The van der Waals surface area contributed by atoms with E-state index < -0.39 is 5.97 Å². The van der Waals surface area contributed by atoms with E-state index in [1.807, 2.05) is 18.2 Å². The largest absolute Gasteiger partial charge is 0.482 e. The number of rotatable bonds is 5. The van der Waals surface area contributed by atoms with Crippen molar-refractivity contribution in [3.63, 3.8) is 0 Å². The second-order valence-electron chi connectivity index (χ2n) is 5.73. The highest BCUT2D eigenvalue weighted by atomic mass is 16.6. The standard InChI is InChI=1S/C21H16N2O4/c1-26-20(24)13-27-19-8-5-15(6-9-19)21(25)23-18-7-4-16-10-14(12-22)2-3-17(16)11-18/h2-11H,13H2,1H3,(H,23,25). The number of fused-ring (bicyclic) bond motifs is 1. The van der Waals surface area contributed by atoms with Gasteiger partial charge in [0.15, 0.2) is 6.61 Å². The number of ether oxygens (including phenoxy) is 2. The summed E-state index contributed by atoms with van der Waals surface area (Å²) in [6.45, 7) is -0.188. The Kier molecular flexibility index (Phi) is 5.33. The van der Waals surface area contributed by atoms with Gasteiger partial charge in [0, 0.05) is 11.3 Å². The average molecular weight is 360 g/mol. The predicted molar refractivity (Wildman–Crippen MR) is 101 cm³/mol. The van der Waals surface area contributed by atoms with Crippen LogP contribution in [0.2, 0.25) is 0 Å². The van der Waals surface area contributed by atoms with E-state index in [4.69, 9.17) is 10.00 Å². The molecular formula is C21H16N2O4. The van der Waals surface area contributed by atoms with Crippen LogP contribution in [-0.4, -0.2) is 25.6 Å². The van der Waals surface area contributed by atoms with Gasteiger partial charge in [0.25, 0.3) is 5.91 Å². The van der Waals surface area contributed by atoms with Crippen LogP contribution in [0.4, 0.5) is 5.69 Å². The van der Waals surface area contributed by atoms with Gasteiger partial charge in [-0.1, -0.05) is 12.1 Å². The van der Waals surface area contributed by atoms with E-state index in [0.717, 1.165) is 10.8 Å². The Balaban J connectivity index is 1.68. The summed E-state index contributed by atoms with van der Waals surface area (Å²) in [7, 11) is 1.29. The number of nitriles is 1. The van der Waals surface area contributed by atoms with Gasteiger partial charge in [-0.05, 0) is 59.3 Å². The van der Waals surface area contributed by atoms with Crippen molar-refractivity contribution < 1.29 is 19.1 Å². The van der Waals surface area contributed by atoms with Crippen LogP contribution in [0.15, 0.2) is 60.7 Å². The van der Waals surface area contributed by atoms with Gasteiger partial charge in [-0.25, -0.2) is 4.79 Å². The molecule has 0 radical (unpaired) electrons. The van der Waals surface area contributed by atoms with Crippen LogP contribution in [0, 0.1) is 11.3 Å². The van der Waals surface area contributed by atoms with Crippen molar-refractivity contribution in [1.29, 1.82) is 5.26 Å². The summed E-state index contributed by atoms with van der Waals surface area (Å²) in [6.07, 6.45) is 0. The highest BCUT2D eigenvalue weighted by molar-refractivity contribution is 6.05. The highest BCUT2D eigenvalue weighted by Gasteiger charge is 2.08. The van der Waals surface area contributed by atoms with Crippen molar-refractivity contribution >= 4 is 28.3 Å². The van der Waals surface area contributed by atoms with Crippen molar-refractivity contribution in [2.45, 2.75) is 0 Å². The molecule has 3 rings (SSSR count). The fraction of sp³-hybridized carbons (Fsp3) is 0.0952. The summed E-state index contributed by atoms with van der Waals surface area (Å²) in [5.41, 5.74) is 1.71. The van der Waals surface area contributed by atoms with Crippen LogP contribution in [0.25, 0.3) is 10.8 Å². The molecule has 1 N–H and O–H groups in total. The first kappa shape index (κ1) is 18.0. The molecule has 1 amide bonds. The first-order chi connectivity index (χ1) is 13.1. The topological polar surface area (TPSA) is 88.4 Å². The monoisotopic (exact) mass is 360 g/mol. The number of carbonyl (C=O) groups is 2. The number of nitrogens with zero attached hydrogens (tertiary/aromatic N) is 1. The van der Waals surface area contributed by atoms with Crippen LogP contribution in [-0.2, 0) is 9.53 Å². The molecule has 134 valence electrons. The quantitative estimate of drug-likeness (QED) is 0.703. The zero-order valence-corrected chi connectivity index (χ0v) is 14.6. The van der Waals surface area contributed by atoms with Gasteiger partial charge in [-0.2, -0.15) is 5.26 Å². The second kappa shape index (κ2) is 8.02. The Bertz CT molecular complexity index is 1040. The predicted octanol–water partition coefficient (Wildman–Crippen LogP) is 3.52. The first-order valence-electron chi connectivity index (χ1n) is 8.14. The molecule has 0 unspecified atom stereocenters. The van der Waals surface area contributed by atoms with Crippen molar-refractivity contribution in [3.8, 4) is 11.8 Å². The summed E-state index contributed by atoms with van der Waals surface area (Å²) in [6, 6.07) is 19.4. The average Bonchev–Trinajstić information content (AvgIpc) is 2.71. The van der Waals surface area contributed by atoms with Gasteiger partial charge in [-0.3, -0.25) is 4.79 Å². The number of carbonyl (C=O) groups excluding carboxylic acids is 2. The molecule has 6 heteroatoms. The maximum atomic E-state index is 12.4. The molecule has 0 bridgehead atoms. The van der Waals surface area contributed by atoms with Crippen LogP contribution >= 0.6 is 0 Å². The Labute approximate surface area is 155 Å². The van der Waals surface area contributed by atoms with Crippen molar-refractivity contribution in [3.05, 3.63) is 71.8 Å². The minimum Gasteiger partial charge on any atom is -0.482 e. The van der Waals surface area contributed by atoms with E-state index in [9.17, 15) is 9.59 Å². The minimum atomic E-state index is -0.477. The lowest BCUT2D eigenvalue weighted by Gasteiger charge is -2.08. The zero-order chi connectivity index (χ0) is 19.2. The van der Waals surface area contributed by atoms with Crippen molar-refractivity contribution in [1.82, 2.24) is 0 Å². The van der Waals surface area contributed by atoms with Crippen molar-refractivity contribution in [2.75, 3.05) is 19.0 Å². The minimum absolute atomic E-state index is 0.188.